The molecule has 4 aromatic rings. The third kappa shape index (κ3) is 10.7. The second-order valence-corrected chi connectivity index (χ2v) is 10.1. The lowest BCUT2D eigenvalue weighted by Gasteiger charge is -2.17. The molecule has 0 saturated carbocycles. The first kappa shape index (κ1) is 38.1. The van der Waals surface area contributed by atoms with Crippen molar-refractivity contribution in [3.8, 4) is 22.7 Å². The molecule has 0 spiro atoms. The first-order valence-electron chi connectivity index (χ1n) is 13.8. The Balaban J connectivity index is 0.000000666. The number of carbonyl (C=O) groups is 2. The normalized spacial score (nSPS) is 10.3. The van der Waals surface area contributed by atoms with E-state index in [2.05, 4.69) is 54.2 Å². The Kier molecular flexibility index (Phi) is 16.5. The Hall–Kier alpha value is -4.88. The number of para-hydroxylation sites is 1. The highest BCUT2D eigenvalue weighted by molar-refractivity contribution is 6.31. The Labute approximate surface area is 271 Å². The monoisotopic (exact) mass is 632 g/mol. The number of aromatic nitrogens is 1. The van der Waals surface area contributed by atoms with Gasteiger partial charge in [-0.3, -0.25) is 0 Å². The zero-order valence-corrected chi connectivity index (χ0v) is 27.6. The molecule has 0 fully saturated rings. The summed E-state index contributed by atoms with van der Waals surface area (Å²) in [5, 5.41) is 3.46. The summed E-state index contributed by atoms with van der Waals surface area (Å²) in [4.78, 5) is 16.0. The van der Waals surface area contributed by atoms with Crippen LogP contribution < -0.4 is 10.1 Å². The molecule has 0 aliphatic carbocycles. The molecule has 6 nitrogen and oxygen atoms in total. The summed E-state index contributed by atoms with van der Waals surface area (Å²) in [6.07, 6.45) is 0. The maximum atomic E-state index is 13.4. The van der Waals surface area contributed by atoms with Crippen LogP contribution in [0.2, 0.25) is 5.02 Å². The number of halogens is 2. The molecule has 0 aliphatic rings. The van der Waals surface area contributed by atoms with Crippen molar-refractivity contribution in [1.82, 2.24) is 9.88 Å². The van der Waals surface area contributed by atoms with Crippen molar-refractivity contribution in [1.29, 1.82) is 0 Å². The predicted octanol–water partition coefficient (Wildman–Crippen LogP) is 9.15. The molecule has 0 saturated heterocycles. The van der Waals surface area contributed by atoms with Crippen LogP contribution in [-0.2, 0) is 20.9 Å². The highest BCUT2D eigenvalue weighted by atomic mass is 35.5. The number of carbonyl (C=O) groups excluding carboxylic acids is 2. The van der Waals surface area contributed by atoms with Gasteiger partial charge in [-0.1, -0.05) is 60.7 Å². The number of ether oxygens (including phenoxy) is 2. The van der Waals surface area contributed by atoms with E-state index >= 15 is 0 Å². The molecule has 0 aliphatic heterocycles. The highest BCUT2D eigenvalue weighted by Crippen LogP contribution is 2.34. The second-order valence-electron chi connectivity index (χ2n) is 9.66. The fourth-order valence-electron chi connectivity index (χ4n) is 4.12. The molecule has 0 radical (unpaired) electrons. The van der Waals surface area contributed by atoms with Crippen LogP contribution in [0.15, 0.2) is 109 Å². The van der Waals surface area contributed by atoms with E-state index in [1.54, 1.807) is 13.2 Å². The van der Waals surface area contributed by atoms with E-state index in [9.17, 15) is 4.39 Å². The molecule has 0 amide bonds. The molecule has 0 bridgehead atoms. The number of hydrogen-bond donors (Lipinski definition) is 1. The van der Waals surface area contributed by atoms with E-state index in [0.717, 1.165) is 62.1 Å². The lowest BCUT2D eigenvalue weighted by Crippen LogP contribution is -2.05. The van der Waals surface area contributed by atoms with Gasteiger partial charge < -0.3 is 28.9 Å². The van der Waals surface area contributed by atoms with Gasteiger partial charge >= 0.3 is 0 Å². The van der Waals surface area contributed by atoms with Gasteiger partial charge in [-0.15, -0.1) is 0 Å². The van der Waals surface area contributed by atoms with E-state index in [0.29, 0.717) is 5.02 Å². The largest absolute Gasteiger partial charge is 0.501 e. The number of rotatable bonds is 9. The molecular weight excluding hydrogens is 591 g/mol. The van der Waals surface area contributed by atoms with Crippen LogP contribution in [0.4, 0.5) is 4.39 Å². The van der Waals surface area contributed by atoms with Crippen molar-refractivity contribution in [2.75, 3.05) is 14.2 Å². The summed E-state index contributed by atoms with van der Waals surface area (Å²) in [5.74, 6) is 1.31. The topological polar surface area (TPSA) is 69.6 Å². The standard InChI is InChI=1S/C27H24ClFN2O.C8H14O.2CH2O/c1-18-11-14-26(31(18)23-8-6-7-20(15-23)19(2)30-3)24-9-4-5-10-27(24)32-17-21-12-13-22(29)16-25(21)28;1-6(2)7(3)8(4)9-5;2*1-2/h4-16,30H,2,17H2,1,3H3;1H2,2-5H3;2*1H2/b;8-7-;;. The van der Waals surface area contributed by atoms with Gasteiger partial charge in [-0.05, 0) is 87.4 Å². The number of benzene rings is 3. The quantitative estimate of drug-likeness (QED) is 0.147. The summed E-state index contributed by atoms with van der Waals surface area (Å²) in [5.41, 5.74) is 8.92. The van der Waals surface area contributed by atoms with Crippen LogP contribution in [0, 0.1) is 12.7 Å². The van der Waals surface area contributed by atoms with Gasteiger partial charge in [0.15, 0.2) is 0 Å². The molecular formula is C37H42ClFN2O4. The van der Waals surface area contributed by atoms with Crippen LogP contribution in [0.25, 0.3) is 22.6 Å². The van der Waals surface area contributed by atoms with Crippen molar-refractivity contribution in [3.05, 3.63) is 137 Å². The van der Waals surface area contributed by atoms with Gasteiger partial charge in [-0.2, -0.15) is 0 Å². The molecule has 8 heteroatoms. The third-order valence-corrected chi connectivity index (χ3v) is 7.22. The minimum Gasteiger partial charge on any atom is -0.501 e. The Morgan fingerprint density at radius 2 is 1.58 bits per heavy atom. The first-order valence-corrected chi connectivity index (χ1v) is 14.2. The number of aryl methyl sites for hydroxylation is 1. The molecule has 45 heavy (non-hydrogen) atoms. The lowest BCUT2D eigenvalue weighted by atomic mass is 10.1. The van der Waals surface area contributed by atoms with Crippen LogP contribution in [0.5, 0.6) is 5.75 Å². The average molecular weight is 633 g/mol. The average Bonchev–Trinajstić information content (AvgIpc) is 3.46. The van der Waals surface area contributed by atoms with Gasteiger partial charge in [-0.25, -0.2) is 4.39 Å². The fourth-order valence-corrected chi connectivity index (χ4v) is 4.34. The number of nitrogens with zero attached hydrogens (tertiary/aromatic N) is 1. The summed E-state index contributed by atoms with van der Waals surface area (Å²) in [6, 6.07) is 24.6. The molecule has 1 N–H and O–H groups in total. The van der Waals surface area contributed by atoms with Crippen molar-refractivity contribution >= 4 is 30.9 Å². The van der Waals surface area contributed by atoms with Crippen molar-refractivity contribution < 1.29 is 23.5 Å². The Morgan fingerprint density at radius 1 is 0.911 bits per heavy atom. The number of nitrogens with one attached hydrogen (secondary N) is 1. The van der Waals surface area contributed by atoms with Gasteiger partial charge in [0.05, 0.1) is 23.6 Å². The molecule has 1 heterocycles. The van der Waals surface area contributed by atoms with E-state index in [4.69, 9.17) is 30.7 Å². The highest BCUT2D eigenvalue weighted by Gasteiger charge is 2.15. The van der Waals surface area contributed by atoms with Crippen molar-refractivity contribution in [2.24, 2.45) is 0 Å². The maximum Gasteiger partial charge on any atom is 0.129 e. The molecule has 0 atom stereocenters. The van der Waals surface area contributed by atoms with Crippen molar-refractivity contribution in [2.45, 2.75) is 34.3 Å². The van der Waals surface area contributed by atoms with Crippen molar-refractivity contribution in [3.63, 3.8) is 0 Å². The van der Waals surface area contributed by atoms with E-state index < -0.39 is 0 Å². The molecule has 1 aromatic heterocycles. The zero-order valence-electron chi connectivity index (χ0n) is 26.9. The maximum absolute atomic E-state index is 13.4. The van der Waals surface area contributed by atoms with E-state index in [1.165, 1.54) is 12.1 Å². The van der Waals surface area contributed by atoms with E-state index in [-0.39, 0.29) is 12.4 Å². The SMILES string of the molecule is C=C(C)/C(C)=C(/C)OC.C=C(NC)c1cccc(-n2c(C)ccc2-c2ccccc2OCc2ccc(F)cc2Cl)c1.C=O.C=O. The van der Waals surface area contributed by atoms with Crippen LogP contribution in [0.1, 0.15) is 37.6 Å². The molecule has 238 valence electrons. The lowest BCUT2D eigenvalue weighted by molar-refractivity contribution is -0.0987. The minimum atomic E-state index is -0.365. The van der Waals surface area contributed by atoms with E-state index in [1.807, 2.05) is 77.8 Å². The van der Waals surface area contributed by atoms with Crippen LogP contribution in [0.3, 0.4) is 0 Å². The fraction of sp³-hybridized carbons (Fsp3) is 0.189. The first-order chi connectivity index (χ1) is 21.6. The number of methoxy groups -OCH3 is 1. The number of hydrogen-bond acceptors (Lipinski definition) is 5. The summed E-state index contributed by atoms with van der Waals surface area (Å²) in [6.45, 7) is 20.1. The molecule has 3 aromatic carbocycles. The minimum absolute atomic E-state index is 0.243. The van der Waals surface area contributed by atoms with Gasteiger partial charge in [0.2, 0.25) is 0 Å². The van der Waals surface area contributed by atoms with Crippen LogP contribution in [-0.4, -0.2) is 32.3 Å². The Bertz CT molecular complexity index is 1610. The summed E-state index contributed by atoms with van der Waals surface area (Å²) in [7, 11) is 3.53. The number of allylic oxidation sites excluding steroid dienone is 3. The van der Waals surface area contributed by atoms with Gasteiger partial charge in [0.1, 0.15) is 31.8 Å². The van der Waals surface area contributed by atoms with Gasteiger partial charge in [0, 0.05) is 35.3 Å². The zero-order chi connectivity index (χ0) is 34.1. The summed E-state index contributed by atoms with van der Waals surface area (Å²) < 4.78 is 26.7. The van der Waals surface area contributed by atoms with Gasteiger partial charge in [0.25, 0.3) is 0 Å². The third-order valence-electron chi connectivity index (χ3n) is 6.87. The second kappa shape index (κ2) is 19.4. The molecule has 0 unspecified atom stereocenters. The molecule has 4 rings (SSSR count). The summed E-state index contributed by atoms with van der Waals surface area (Å²) >= 11 is 6.18. The van der Waals surface area contributed by atoms with Crippen LogP contribution >= 0.6 is 11.6 Å². The Morgan fingerprint density at radius 3 is 2.16 bits per heavy atom. The predicted molar refractivity (Wildman–Crippen MR) is 184 cm³/mol. The smallest absolute Gasteiger partial charge is 0.129 e.